The van der Waals surface area contributed by atoms with Gasteiger partial charge in [0, 0.05) is 0 Å². The zero-order valence-electron chi connectivity index (χ0n) is 7.02. The maximum Gasteiger partial charge on any atom is 0.104 e. The number of ether oxygens (including phenoxy) is 2. The summed E-state index contributed by atoms with van der Waals surface area (Å²) in [7, 11) is 0. The molecular formula is C8H16O2. The molecular weight excluding hydrogens is 128 g/mol. The van der Waals surface area contributed by atoms with Gasteiger partial charge in [-0.15, -0.1) is 0 Å². The van der Waals surface area contributed by atoms with Crippen LogP contribution in [0, 0.1) is 5.41 Å². The molecule has 0 saturated carbocycles. The molecule has 2 heteroatoms. The quantitative estimate of drug-likeness (QED) is 0.559. The molecule has 0 aromatic rings. The van der Waals surface area contributed by atoms with E-state index < -0.39 is 0 Å². The molecule has 0 unspecified atom stereocenters. The molecule has 0 aliphatic carbocycles. The molecule has 0 radical (unpaired) electrons. The van der Waals surface area contributed by atoms with Gasteiger partial charge in [0.05, 0.1) is 19.8 Å². The smallest absolute Gasteiger partial charge is 0.104 e. The molecule has 1 aliphatic rings. The molecule has 1 atom stereocenters. The lowest BCUT2D eigenvalue weighted by Gasteiger charge is -2.17. The fraction of sp³-hybridized carbons (Fsp3) is 1.00. The SMILES string of the molecule is CC(C)(C)COC[C@@H]1CO1. The van der Waals surface area contributed by atoms with Gasteiger partial charge in [-0.1, -0.05) is 20.8 Å². The highest BCUT2D eigenvalue weighted by Crippen LogP contribution is 2.15. The summed E-state index contributed by atoms with van der Waals surface area (Å²) in [5, 5.41) is 0. The monoisotopic (exact) mass is 144 g/mol. The van der Waals surface area contributed by atoms with Gasteiger partial charge in [-0.2, -0.15) is 0 Å². The van der Waals surface area contributed by atoms with Crippen LogP contribution in [-0.2, 0) is 9.47 Å². The Morgan fingerprint density at radius 1 is 1.50 bits per heavy atom. The minimum absolute atomic E-state index is 0.287. The van der Waals surface area contributed by atoms with Crippen LogP contribution in [0.15, 0.2) is 0 Å². The lowest BCUT2D eigenvalue weighted by molar-refractivity contribution is 0.0607. The van der Waals surface area contributed by atoms with Crippen LogP contribution in [0.3, 0.4) is 0 Å². The van der Waals surface area contributed by atoms with E-state index in [9.17, 15) is 0 Å². The topological polar surface area (TPSA) is 21.8 Å². The number of hydrogen-bond donors (Lipinski definition) is 0. The van der Waals surface area contributed by atoms with E-state index in [4.69, 9.17) is 9.47 Å². The predicted molar refractivity (Wildman–Crippen MR) is 40.0 cm³/mol. The van der Waals surface area contributed by atoms with Gasteiger partial charge in [0.25, 0.3) is 0 Å². The third-order valence-corrected chi connectivity index (χ3v) is 1.24. The Morgan fingerprint density at radius 2 is 2.10 bits per heavy atom. The van der Waals surface area contributed by atoms with Crippen LogP contribution in [0.4, 0.5) is 0 Å². The second kappa shape index (κ2) is 2.89. The van der Waals surface area contributed by atoms with Crippen LogP contribution in [0.25, 0.3) is 0 Å². The summed E-state index contributed by atoms with van der Waals surface area (Å²) < 4.78 is 10.4. The van der Waals surface area contributed by atoms with Crippen molar-refractivity contribution in [2.24, 2.45) is 5.41 Å². The standard InChI is InChI=1S/C8H16O2/c1-8(2,3)6-9-4-7-5-10-7/h7H,4-6H2,1-3H3/t7-/m1/s1. The summed E-state index contributed by atoms with van der Waals surface area (Å²) in [5.41, 5.74) is 0.287. The lowest BCUT2D eigenvalue weighted by Crippen LogP contribution is -2.16. The fourth-order valence-electron chi connectivity index (χ4n) is 0.661. The van der Waals surface area contributed by atoms with Gasteiger partial charge in [-0.25, -0.2) is 0 Å². The Morgan fingerprint density at radius 3 is 2.50 bits per heavy atom. The van der Waals surface area contributed by atoms with Crippen molar-refractivity contribution in [3.8, 4) is 0 Å². The molecule has 1 saturated heterocycles. The van der Waals surface area contributed by atoms with Crippen molar-refractivity contribution in [1.82, 2.24) is 0 Å². The summed E-state index contributed by atoms with van der Waals surface area (Å²) in [6, 6.07) is 0. The van der Waals surface area contributed by atoms with Gasteiger partial charge >= 0.3 is 0 Å². The highest BCUT2D eigenvalue weighted by molar-refractivity contribution is 4.68. The summed E-state index contributed by atoms with van der Waals surface area (Å²) in [4.78, 5) is 0. The van der Waals surface area contributed by atoms with Gasteiger partial charge in [-0.05, 0) is 5.41 Å². The highest BCUT2D eigenvalue weighted by atomic mass is 16.6. The van der Waals surface area contributed by atoms with Crippen LogP contribution in [0.1, 0.15) is 20.8 Å². The second-order valence-electron chi connectivity index (χ2n) is 4.03. The van der Waals surface area contributed by atoms with E-state index in [1.807, 2.05) is 0 Å². The number of hydrogen-bond acceptors (Lipinski definition) is 2. The van der Waals surface area contributed by atoms with Crippen LogP contribution < -0.4 is 0 Å². The number of rotatable bonds is 3. The van der Waals surface area contributed by atoms with Crippen molar-refractivity contribution in [2.75, 3.05) is 19.8 Å². The van der Waals surface area contributed by atoms with Crippen LogP contribution in [-0.4, -0.2) is 25.9 Å². The predicted octanol–water partition coefficient (Wildman–Crippen LogP) is 1.45. The molecule has 0 bridgehead atoms. The molecule has 1 heterocycles. The Bertz CT molecular complexity index is 100. The normalized spacial score (nSPS) is 24.9. The van der Waals surface area contributed by atoms with Crippen molar-refractivity contribution in [3.63, 3.8) is 0 Å². The van der Waals surface area contributed by atoms with Crippen molar-refractivity contribution in [1.29, 1.82) is 0 Å². The molecule has 0 N–H and O–H groups in total. The first-order valence-electron chi connectivity index (χ1n) is 3.77. The minimum Gasteiger partial charge on any atom is -0.378 e. The first kappa shape index (κ1) is 8.02. The molecule has 0 aromatic heterocycles. The van der Waals surface area contributed by atoms with Gasteiger partial charge in [-0.3, -0.25) is 0 Å². The van der Waals surface area contributed by atoms with Gasteiger partial charge < -0.3 is 9.47 Å². The van der Waals surface area contributed by atoms with Gasteiger partial charge in [0.15, 0.2) is 0 Å². The van der Waals surface area contributed by atoms with Crippen LogP contribution in [0.2, 0.25) is 0 Å². The van der Waals surface area contributed by atoms with Crippen molar-refractivity contribution < 1.29 is 9.47 Å². The van der Waals surface area contributed by atoms with Crippen LogP contribution in [0.5, 0.6) is 0 Å². The number of epoxide rings is 1. The highest BCUT2D eigenvalue weighted by Gasteiger charge is 2.23. The van der Waals surface area contributed by atoms with Crippen molar-refractivity contribution in [2.45, 2.75) is 26.9 Å². The van der Waals surface area contributed by atoms with Crippen molar-refractivity contribution in [3.05, 3.63) is 0 Å². The molecule has 10 heavy (non-hydrogen) atoms. The van der Waals surface area contributed by atoms with E-state index in [-0.39, 0.29) is 5.41 Å². The summed E-state index contributed by atoms with van der Waals surface area (Å²) in [6.45, 7) is 9.00. The summed E-state index contributed by atoms with van der Waals surface area (Å²) >= 11 is 0. The Hall–Kier alpha value is -0.0800. The zero-order chi connectivity index (χ0) is 7.61. The third-order valence-electron chi connectivity index (χ3n) is 1.24. The van der Waals surface area contributed by atoms with E-state index in [1.54, 1.807) is 0 Å². The summed E-state index contributed by atoms with van der Waals surface area (Å²) in [6.07, 6.45) is 0.405. The molecule has 1 aliphatic heterocycles. The van der Waals surface area contributed by atoms with E-state index in [0.29, 0.717) is 6.10 Å². The molecule has 1 rings (SSSR count). The first-order chi connectivity index (χ1) is 4.58. The van der Waals surface area contributed by atoms with Gasteiger partial charge in [0.1, 0.15) is 6.10 Å². The van der Waals surface area contributed by atoms with Crippen LogP contribution >= 0.6 is 0 Å². The zero-order valence-corrected chi connectivity index (χ0v) is 7.02. The second-order valence-corrected chi connectivity index (χ2v) is 4.03. The molecule has 2 nitrogen and oxygen atoms in total. The summed E-state index contributed by atoms with van der Waals surface area (Å²) in [5.74, 6) is 0. The fourth-order valence-corrected chi connectivity index (χ4v) is 0.661. The first-order valence-corrected chi connectivity index (χ1v) is 3.77. The minimum atomic E-state index is 0.287. The average molecular weight is 144 g/mol. The molecule has 60 valence electrons. The van der Waals surface area contributed by atoms with E-state index >= 15 is 0 Å². The Labute approximate surface area is 62.5 Å². The van der Waals surface area contributed by atoms with Gasteiger partial charge in [0.2, 0.25) is 0 Å². The van der Waals surface area contributed by atoms with E-state index in [1.165, 1.54) is 0 Å². The molecule has 1 fully saturated rings. The maximum atomic E-state index is 5.40. The lowest BCUT2D eigenvalue weighted by atomic mass is 9.99. The third kappa shape index (κ3) is 3.85. The molecule has 0 amide bonds. The molecule has 0 spiro atoms. The van der Waals surface area contributed by atoms with E-state index in [0.717, 1.165) is 19.8 Å². The average Bonchev–Trinajstić information content (AvgIpc) is 2.45. The van der Waals surface area contributed by atoms with E-state index in [2.05, 4.69) is 20.8 Å². The molecule has 0 aromatic carbocycles. The van der Waals surface area contributed by atoms with Crippen molar-refractivity contribution >= 4 is 0 Å². The largest absolute Gasteiger partial charge is 0.378 e. The Kier molecular flexibility index (Phi) is 2.32. The Balaban J connectivity index is 1.93. The maximum absolute atomic E-state index is 5.40.